The summed E-state index contributed by atoms with van der Waals surface area (Å²) in [6, 6.07) is 15.3. The Kier molecular flexibility index (Phi) is 7.01. The third-order valence-corrected chi connectivity index (χ3v) is 9.65. The summed E-state index contributed by atoms with van der Waals surface area (Å²) in [6.45, 7) is 2.45. The molecule has 0 unspecified atom stereocenters. The molecule has 206 valence electrons. The molecule has 0 amide bonds. The van der Waals surface area contributed by atoms with Gasteiger partial charge in [0.05, 0.1) is 26.8 Å². The summed E-state index contributed by atoms with van der Waals surface area (Å²) < 4.78 is 29.2. The van der Waals surface area contributed by atoms with Crippen molar-refractivity contribution in [3.05, 3.63) is 80.6 Å². The lowest BCUT2D eigenvalue weighted by molar-refractivity contribution is 0.360. The molecule has 5 aromatic rings. The predicted molar refractivity (Wildman–Crippen MR) is 157 cm³/mol. The van der Waals surface area contributed by atoms with E-state index in [1.807, 2.05) is 13.1 Å². The number of hydrogen-bond acceptors (Lipinski definition) is 7. The molecule has 6 rings (SSSR count). The zero-order chi connectivity index (χ0) is 28.0. The summed E-state index contributed by atoms with van der Waals surface area (Å²) in [4.78, 5) is 25.7. The molecule has 0 saturated carbocycles. The van der Waals surface area contributed by atoms with E-state index in [0.717, 1.165) is 5.56 Å². The molecule has 0 spiro atoms. The van der Waals surface area contributed by atoms with E-state index in [1.165, 1.54) is 4.31 Å². The number of fused-ring (bicyclic) bond motifs is 3. The summed E-state index contributed by atoms with van der Waals surface area (Å²) in [5.41, 5.74) is 2.77. The van der Waals surface area contributed by atoms with Gasteiger partial charge in [-0.05, 0) is 48.5 Å². The number of aryl methyl sites for hydroxylation is 1. The van der Waals surface area contributed by atoms with Crippen LogP contribution in [0.2, 0.25) is 10.0 Å². The minimum absolute atomic E-state index is 0.205. The average Bonchev–Trinajstić information content (AvgIpc) is 3.28. The maximum absolute atomic E-state index is 13.3. The van der Waals surface area contributed by atoms with Crippen molar-refractivity contribution < 1.29 is 8.42 Å². The van der Waals surface area contributed by atoms with Crippen molar-refractivity contribution in [2.75, 3.05) is 31.5 Å². The van der Waals surface area contributed by atoms with Crippen LogP contribution in [0.15, 0.2) is 64.3 Å². The molecule has 3 aromatic carbocycles. The fourth-order valence-electron chi connectivity index (χ4n) is 4.91. The second-order valence-corrected chi connectivity index (χ2v) is 12.2. The van der Waals surface area contributed by atoms with Crippen LogP contribution in [0.25, 0.3) is 33.3 Å². The number of benzene rings is 3. The van der Waals surface area contributed by atoms with Gasteiger partial charge in [-0.3, -0.25) is 4.79 Å². The first-order valence-electron chi connectivity index (χ1n) is 12.6. The highest BCUT2D eigenvalue weighted by atomic mass is 35.5. The topological polar surface area (TPSA) is 125 Å². The molecular formula is C27H25Cl2N7O3S. The van der Waals surface area contributed by atoms with Crippen LogP contribution in [0.4, 0.5) is 5.95 Å². The molecular weight excluding hydrogens is 573 g/mol. The van der Waals surface area contributed by atoms with Crippen LogP contribution in [0.3, 0.4) is 0 Å². The van der Waals surface area contributed by atoms with Crippen molar-refractivity contribution in [3.8, 4) is 11.4 Å². The highest BCUT2D eigenvalue weighted by molar-refractivity contribution is 7.89. The largest absolute Gasteiger partial charge is 0.351 e. The lowest BCUT2D eigenvalue weighted by Crippen LogP contribution is -2.46. The molecule has 2 aromatic heterocycles. The Morgan fingerprint density at radius 3 is 2.33 bits per heavy atom. The third-order valence-electron chi connectivity index (χ3n) is 7.03. The summed E-state index contributed by atoms with van der Waals surface area (Å²) in [5.74, 6) is 0.889. The van der Waals surface area contributed by atoms with Crippen LogP contribution in [0, 0.1) is 0 Å². The highest BCUT2D eigenvalue weighted by Gasteiger charge is 2.26. The van der Waals surface area contributed by atoms with E-state index in [2.05, 4.69) is 25.6 Å². The molecule has 10 nitrogen and oxygen atoms in total. The zero-order valence-electron chi connectivity index (χ0n) is 21.4. The minimum Gasteiger partial charge on any atom is -0.351 e. The predicted octanol–water partition coefficient (Wildman–Crippen LogP) is 3.99. The van der Waals surface area contributed by atoms with Gasteiger partial charge >= 0.3 is 0 Å². The van der Waals surface area contributed by atoms with Gasteiger partial charge in [-0.15, -0.1) is 0 Å². The van der Waals surface area contributed by atoms with Crippen LogP contribution >= 0.6 is 23.2 Å². The summed E-state index contributed by atoms with van der Waals surface area (Å²) >= 11 is 12.6. The number of sulfonamides is 1. The van der Waals surface area contributed by atoms with Crippen molar-refractivity contribution in [2.45, 2.75) is 11.4 Å². The molecule has 3 heterocycles. The highest BCUT2D eigenvalue weighted by Crippen LogP contribution is 2.29. The number of aromatic amines is 1. The molecule has 1 aliphatic rings. The second kappa shape index (κ2) is 10.5. The van der Waals surface area contributed by atoms with Crippen LogP contribution in [0.1, 0.15) is 5.56 Å². The van der Waals surface area contributed by atoms with Gasteiger partial charge in [0.2, 0.25) is 16.0 Å². The summed E-state index contributed by atoms with van der Waals surface area (Å²) in [7, 11) is -1.77. The lowest BCUT2D eigenvalue weighted by Gasteiger charge is -2.26. The molecule has 1 fully saturated rings. The molecule has 0 atom stereocenters. The van der Waals surface area contributed by atoms with Gasteiger partial charge in [0.1, 0.15) is 5.82 Å². The molecule has 0 aliphatic carbocycles. The average molecular weight is 599 g/mol. The number of imidazole rings is 1. The van der Waals surface area contributed by atoms with E-state index in [9.17, 15) is 13.2 Å². The Morgan fingerprint density at radius 2 is 1.62 bits per heavy atom. The fraction of sp³-hybridized carbons (Fsp3) is 0.222. The smallest absolute Gasteiger partial charge is 0.261 e. The first-order valence-corrected chi connectivity index (χ1v) is 14.8. The van der Waals surface area contributed by atoms with Crippen molar-refractivity contribution in [1.29, 1.82) is 0 Å². The van der Waals surface area contributed by atoms with Gasteiger partial charge in [-0.2, -0.15) is 4.31 Å². The number of hydrogen-bond donors (Lipinski definition) is 3. The Bertz CT molecular complexity index is 1900. The monoisotopic (exact) mass is 597 g/mol. The van der Waals surface area contributed by atoms with E-state index in [4.69, 9.17) is 23.2 Å². The summed E-state index contributed by atoms with van der Waals surface area (Å²) in [5, 5.41) is 7.91. The van der Waals surface area contributed by atoms with Gasteiger partial charge in [-0.1, -0.05) is 29.3 Å². The first-order chi connectivity index (χ1) is 19.2. The molecule has 13 heteroatoms. The van der Waals surface area contributed by atoms with Crippen LogP contribution in [-0.4, -0.2) is 58.4 Å². The maximum Gasteiger partial charge on any atom is 0.261 e. The van der Waals surface area contributed by atoms with E-state index < -0.39 is 10.0 Å². The van der Waals surface area contributed by atoms with Crippen LogP contribution < -0.4 is 16.2 Å². The molecule has 1 aliphatic heterocycles. The molecule has 40 heavy (non-hydrogen) atoms. The van der Waals surface area contributed by atoms with Gasteiger partial charge in [-0.25, -0.2) is 18.4 Å². The SMILES string of the molecule is Cn1c(NCc2c(Cl)cccc2Cl)nc2ccc3nc(-c4ccc(S(=O)(=O)N5CCNCC5)cc4)[nH]c(=O)c3c21. The number of anilines is 1. The number of H-pyrrole nitrogens is 1. The van der Waals surface area contributed by atoms with Crippen molar-refractivity contribution in [3.63, 3.8) is 0 Å². The van der Waals surface area contributed by atoms with E-state index in [1.54, 1.807) is 53.1 Å². The number of aromatic nitrogens is 4. The van der Waals surface area contributed by atoms with Gasteiger partial charge in [0.25, 0.3) is 5.56 Å². The number of nitrogens with zero attached hydrogens (tertiary/aromatic N) is 4. The number of rotatable bonds is 6. The van der Waals surface area contributed by atoms with Gasteiger partial charge in [0, 0.05) is 60.9 Å². The number of piperazine rings is 1. The normalized spacial score (nSPS) is 14.7. The van der Waals surface area contributed by atoms with Crippen molar-refractivity contribution >= 4 is 61.1 Å². The molecule has 0 bridgehead atoms. The number of nitrogens with one attached hydrogen (secondary N) is 3. The fourth-order valence-corrected chi connectivity index (χ4v) is 6.88. The minimum atomic E-state index is -3.59. The molecule has 3 N–H and O–H groups in total. The quantitative estimate of drug-likeness (QED) is 0.270. The van der Waals surface area contributed by atoms with Crippen LogP contribution in [-0.2, 0) is 23.6 Å². The van der Waals surface area contributed by atoms with E-state index >= 15 is 0 Å². The van der Waals surface area contributed by atoms with E-state index in [0.29, 0.717) is 82.0 Å². The van der Waals surface area contributed by atoms with Gasteiger partial charge < -0.3 is 20.2 Å². The van der Waals surface area contributed by atoms with Crippen molar-refractivity contribution in [2.24, 2.45) is 7.05 Å². The molecule has 1 saturated heterocycles. The van der Waals surface area contributed by atoms with Crippen molar-refractivity contribution in [1.82, 2.24) is 29.1 Å². The Morgan fingerprint density at radius 1 is 0.950 bits per heavy atom. The first kappa shape index (κ1) is 26.7. The van der Waals surface area contributed by atoms with E-state index in [-0.39, 0.29) is 10.5 Å². The number of halogens is 2. The molecule has 0 radical (unpaired) electrons. The lowest BCUT2D eigenvalue weighted by atomic mass is 10.1. The van der Waals surface area contributed by atoms with Gasteiger partial charge in [0.15, 0.2) is 0 Å². The zero-order valence-corrected chi connectivity index (χ0v) is 23.7. The van der Waals surface area contributed by atoms with Crippen LogP contribution in [0.5, 0.6) is 0 Å². The standard InChI is InChI=1S/C27H25Cl2N7O3S/c1-35-24-22(33-27(35)31-15-18-19(28)3-2-4-20(18)29)10-9-21-23(24)26(37)34-25(32-21)16-5-7-17(8-6-16)40(38,39)36-13-11-30-12-14-36/h2-10,30H,11-15H2,1H3,(H,31,33)(H,32,34,37). The Hall–Kier alpha value is -3.48. The summed E-state index contributed by atoms with van der Waals surface area (Å²) in [6.07, 6.45) is 0. The second-order valence-electron chi connectivity index (χ2n) is 9.47. The maximum atomic E-state index is 13.3. The Labute approximate surface area is 240 Å². The Balaban J connectivity index is 1.33. The third kappa shape index (κ3) is 4.73.